The molecule has 0 saturated carbocycles. The van der Waals surface area contributed by atoms with E-state index in [1.807, 2.05) is 24.3 Å². The number of benzene rings is 2. The number of carbonyl (C=O) groups excluding carboxylic acids is 1. The van der Waals surface area contributed by atoms with E-state index >= 15 is 0 Å². The van der Waals surface area contributed by atoms with E-state index in [9.17, 15) is 4.79 Å². The molecule has 2 aromatic carbocycles. The molecule has 34 heavy (non-hydrogen) atoms. The fourth-order valence-corrected chi connectivity index (χ4v) is 4.68. The largest absolute Gasteiger partial charge is 0.497 e. The Morgan fingerprint density at radius 2 is 1.97 bits per heavy atom. The van der Waals surface area contributed by atoms with Crippen molar-refractivity contribution < 1.29 is 14.3 Å². The van der Waals surface area contributed by atoms with E-state index in [0.717, 1.165) is 47.3 Å². The van der Waals surface area contributed by atoms with E-state index < -0.39 is 5.91 Å². The van der Waals surface area contributed by atoms with Crippen LogP contribution in [0.4, 0.5) is 5.95 Å². The number of primary amides is 1. The molecule has 1 aromatic heterocycles. The summed E-state index contributed by atoms with van der Waals surface area (Å²) in [4.78, 5) is 26.8. The van der Waals surface area contributed by atoms with Crippen molar-refractivity contribution in [2.45, 2.75) is 16.4 Å². The fourth-order valence-electron chi connectivity index (χ4n) is 3.48. The highest BCUT2D eigenvalue weighted by atomic mass is 35.5. The van der Waals surface area contributed by atoms with Crippen LogP contribution in [0.2, 0.25) is 5.02 Å². The predicted octanol–water partition coefficient (Wildman–Crippen LogP) is 3.72. The summed E-state index contributed by atoms with van der Waals surface area (Å²) in [5, 5.41) is 0.298. The van der Waals surface area contributed by atoms with Gasteiger partial charge in [-0.25, -0.2) is 4.98 Å². The molecule has 0 radical (unpaired) electrons. The number of likely N-dealkylation sites (N-methyl/N-ethyl adjacent to an activating group) is 1. The molecule has 1 saturated heterocycles. The Labute approximate surface area is 208 Å². The SMILES string of the molecule is COc1cccc(COc2nc(N3CCN(C)CC3)ncc2Sc2ccc(C(N)=O)c(Cl)c2)c1. The topological polar surface area (TPSA) is 93.8 Å². The molecule has 178 valence electrons. The maximum atomic E-state index is 11.5. The second kappa shape index (κ2) is 10.9. The molecule has 0 unspecified atom stereocenters. The van der Waals surface area contributed by atoms with Crippen LogP contribution in [0, 0.1) is 0 Å². The molecular formula is C24H26ClN5O3S. The number of rotatable bonds is 8. The lowest BCUT2D eigenvalue weighted by Crippen LogP contribution is -2.45. The lowest BCUT2D eigenvalue weighted by Gasteiger charge is -2.32. The summed E-state index contributed by atoms with van der Waals surface area (Å²) in [6, 6.07) is 12.8. The fraction of sp³-hybridized carbons (Fsp3) is 0.292. The molecule has 0 atom stereocenters. The van der Waals surface area contributed by atoms with Gasteiger partial charge in [-0.05, 0) is 42.9 Å². The number of nitrogens with zero attached hydrogens (tertiary/aromatic N) is 4. The molecule has 1 aliphatic heterocycles. The first-order chi connectivity index (χ1) is 16.4. The number of piperazine rings is 1. The monoisotopic (exact) mass is 499 g/mol. The number of ether oxygens (including phenoxy) is 2. The lowest BCUT2D eigenvalue weighted by molar-refractivity contribution is 0.100. The third-order valence-electron chi connectivity index (χ3n) is 5.44. The number of amides is 1. The molecule has 0 aliphatic carbocycles. The highest BCUT2D eigenvalue weighted by molar-refractivity contribution is 7.99. The number of hydrogen-bond donors (Lipinski definition) is 1. The Balaban J connectivity index is 1.60. The van der Waals surface area contributed by atoms with Crippen molar-refractivity contribution in [3.05, 3.63) is 64.8 Å². The maximum Gasteiger partial charge on any atom is 0.250 e. The summed E-state index contributed by atoms with van der Waals surface area (Å²) in [7, 11) is 3.74. The Morgan fingerprint density at radius 3 is 2.68 bits per heavy atom. The van der Waals surface area contributed by atoms with Crippen molar-refractivity contribution >= 4 is 35.2 Å². The maximum absolute atomic E-state index is 11.5. The number of methoxy groups -OCH3 is 1. The second-order valence-corrected chi connectivity index (χ2v) is 9.40. The van der Waals surface area contributed by atoms with Gasteiger partial charge in [0.25, 0.3) is 0 Å². The zero-order valence-corrected chi connectivity index (χ0v) is 20.6. The minimum Gasteiger partial charge on any atom is -0.497 e. The molecule has 2 heterocycles. The molecule has 4 rings (SSSR count). The third kappa shape index (κ3) is 5.91. The molecule has 10 heteroatoms. The van der Waals surface area contributed by atoms with E-state index in [1.165, 1.54) is 11.8 Å². The van der Waals surface area contributed by atoms with Gasteiger partial charge in [-0.1, -0.05) is 35.5 Å². The average Bonchev–Trinajstić information content (AvgIpc) is 2.84. The Kier molecular flexibility index (Phi) is 7.77. The first-order valence-corrected chi connectivity index (χ1v) is 12.0. The molecule has 2 N–H and O–H groups in total. The van der Waals surface area contributed by atoms with Gasteiger partial charge >= 0.3 is 0 Å². The van der Waals surface area contributed by atoms with Crippen LogP contribution in [0.25, 0.3) is 0 Å². The number of halogens is 1. The van der Waals surface area contributed by atoms with E-state index in [1.54, 1.807) is 31.5 Å². The Hall–Kier alpha value is -3.01. The van der Waals surface area contributed by atoms with Gasteiger partial charge in [-0.15, -0.1) is 0 Å². The molecule has 8 nitrogen and oxygen atoms in total. The molecule has 1 fully saturated rings. The molecular weight excluding hydrogens is 474 g/mol. The highest BCUT2D eigenvalue weighted by Gasteiger charge is 2.19. The molecule has 3 aromatic rings. The normalized spacial score (nSPS) is 14.1. The zero-order valence-electron chi connectivity index (χ0n) is 19.0. The van der Waals surface area contributed by atoms with Crippen molar-refractivity contribution in [2.75, 3.05) is 45.2 Å². The Morgan fingerprint density at radius 1 is 1.18 bits per heavy atom. The first kappa shape index (κ1) is 24.1. The quantitative estimate of drug-likeness (QED) is 0.501. The molecule has 0 spiro atoms. The van der Waals surface area contributed by atoms with Gasteiger partial charge in [0, 0.05) is 31.1 Å². The smallest absolute Gasteiger partial charge is 0.250 e. The van der Waals surface area contributed by atoms with Crippen LogP contribution in [-0.2, 0) is 6.61 Å². The third-order valence-corrected chi connectivity index (χ3v) is 6.74. The number of carbonyl (C=O) groups is 1. The number of anilines is 1. The van der Waals surface area contributed by atoms with Crippen molar-refractivity contribution in [1.29, 1.82) is 0 Å². The summed E-state index contributed by atoms with van der Waals surface area (Å²) < 4.78 is 11.5. The van der Waals surface area contributed by atoms with Gasteiger partial charge in [0.15, 0.2) is 0 Å². The van der Waals surface area contributed by atoms with Gasteiger partial charge in [0.1, 0.15) is 12.4 Å². The lowest BCUT2D eigenvalue weighted by atomic mass is 10.2. The van der Waals surface area contributed by atoms with Crippen molar-refractivity contribution in [1.82, 2.24) is 14.9 Å². The molecule has 1 aliphatic rings. The van der Waals surface area contributed by atoms with E-state index in [4.69, 9.17) is 31.8 Å². The van der Waals surface area contributed by atoms with Gasteiger partial charge in [0.05, 0.1) is 28.8 Å². The summed E-state index contributed by atoms with van der Waals surface area (Å²) in [5.41, 5.74) is 6.61. The van der Waals surface area contributed by atoms with E-state index in [2.05, 4.69) is 21.8 Å². The van der Waals surface area contributed by atoms with Gasteiger partial charge in [0.2, 0.25) is 17.7 Å². The number of nitrogens with two attached hydrogens (primary N) is 1. The predicted molar refractivity (Wildman–Crippen MR) is 133 cm³/mol. The number of hydrogen-bond acceptors (Lipinski definition) is 8. The van der Waals surface area contributed by atoms with Crippen molar-refractivity contribution in [3.8, 4) is 11.6 Å². The van der Waals surface area contributed by atoms with Crippen molar-refractivity contribution in [3.63, 3.8) is 0 Å². The van der Waals surface area contributed by atoms with Gasteiger partial charge in [-0.3, -0.25) is 4.79 Å². The zero-order chi connectivity index (χ0) is 24.1. The standard InChI is InChI=1S/C24H26ClN5O3S/c1-29-8-10-30(11-9-29)24-27-14-21(34-18-6-7-19(22(26)31)20(25)13-18)23(28-24)33-15-16-4-3-5-17(12-16)32-2/h3-7,12-14H,8-11,15H2,1-2H3,(H2,26,31). The van der Waals surface area contributed by atoms with E-state index in [-0.39, 0.29) is 5.56 Å². The summed E-state index contributed by atoms with van der Waals surface area (Å²) in [5.74, 6) is 1.32. The van der Waals surface area contributed by atoms with Crippen LogP contribution < -0.4 is 20.1 Å². The van der Waals surface area contributed by atoms with E-state index in [0.29, 0.717) is 23.5 Å². The average molecular weight is 500 g/mol. The highest BCUT2D eigenvalue weighted by Crippen LogP contribution is 2.36. The van der Waals surface area contributed by atoms with Crippen LogP contribution in [0.3, 0.4) is 0 Å². The van der Waals surface area contributed by atoms with Crippen LogP contribution >= 0.6 is 23.4 Å². The molecule has 0 bridgehead atoms. The Bertz CT molecular complexity index is 1170. The van der Waals surface area contributed by atoms with Crippen LogP contribution in [0.5, 0.6) is 11.6 Å². The minimum absolute atomic E-state index is 0.280. The number of aromatic nitrogens is 2. The summed E-state index contributed by atoms with van der Waals surface area (Å²) in [6.45, 7) is 3.92. The van der Waals surface area contributed by atoms with Crippen LogP contribution in [-0.4, -0.2) is 61.1 Å². The second-order valence-electron chi connectivity index (χ2n) is 7.88. The van der Waals surface area contributed by atoms with Crippen LogP contribution in [0.15, 0.2) is 58.5 Å². The van der Waals surface area contributed by atoms with Crippen molar-refractivity contribution in [2.24, 2.45) is 5.73 Å². The summed E-state index contributed by atoms with van der Waals surface area (Å²) >= 11 is 7.65. The van der Waals surface area contributed by atoms with Gasteiger partial charge < -0.3 is 25.0 Å². The molecule has 1 amide bonds. The van der Waals surface area contributed by atoms with Gasteiger partial charge in [-0.2, -0.15) is 4.98 Å². The summed E-state index contributed by atoms with van der Waals surface area (Å²) in [6.07, 6.45) is 1.77. The van der Waals surface area contributed by atoms with Crippen LogP contribution in [0.1, 0.15) is 15.9 Å². The first-order valence-electron chi connectivity index (χ1n) is 10.8. The minimum atomic E-state index is -0.566.